The van der Waals surface area contributed by atoms with Gasteiger partial charge in [0.1, 0.15) is 11.5 Å². The maximum atomic E-state index is 14.6. The molecule has 0 saturated heterocycles. The Kier molecular flexibility index (Phi) is 12.1. The first-order chi connectivity index (χ1) is 28.6. The van der Waals surface area contributed by atoms with Crippen LogP contribution in [-0.4, -0.2) is 37.2 Å². The van der Waals surface area contributed by atoms with Crippen LogP contribution >= 0.6 is 0 Å². The number of Topliss-reactive ketones (excluding diaryl/α,β-unsaturated/α-hetero) is 2. The second-order valence-electron chi connectivity index (χ2n) is 14.6. The Labute approximate surface area is 339 Å². The monoisotopic (exact) mass is 766 g/mol. The molecule has 2 aliphatic heterocycles. The van der Waals surface area contributed by atoms with E-state index in [1.807, 2.05) is 109 Å². The lowest BCUT2D eigenvalue weighted by atomic mass is 10.0. The summed E-state index contributed by atoms with van der Waals surface area (Å²) in [5.41, 5.74) is 3.99. The van der Waals surface area contributed by atoms with E-state index in [0.717, 1.165) is 72.9 Å². The van der Waals surface area contributed by atoms with Crippen LogP contribution in [0.3, 0.4) is 0 Å². The van der Waals surface area contributed by atoms with Gasteiger partial charge >= 0.3 is 0 Å². The molecule has 0 unspecified atom stereocenters. The van der Waals surface area contributed by atoms with Gasteiger partial charge in [0.2, 0.25) is 0 Å². The minimum absolute atomic E-state index is 0.241. The Bertz CT molecular complexity index is 2410. The highest BCUT2D eigenvalue weighted by atomic mass is 16.5. The van der Waals surface area contributed by atoms with Gasteiger partial charge in [0.15, 0.2) is 11.6 Å². The van der Waals surface area contributed by atoms with Gasteiger partial charge < -0.3 is 20.1 Å². The summed E-state index contributed by atoms with van der Waals surface area (Å²) in [6.45, 7) is 1.05. The van der Waals surface area contributed by atoms with Gasteiger partial charge in [-0.3, -0.25) is 19.6 Å². The molecule has 0 radical (unpaired) electrons. The van der Waals surface area contributed by atoms with E-state index in [4.69, 9.17) is 19.5 Å². The molecule has 0 spiro atoms. The molecular formula is C50H46N4O4. The van der Waals surface area contributed by atoms with Crippen molar-refractivity contribution in [3.63, 3.8) is 0 Å². The number of anilines is 2. The van der Waals surface area contributed by atoms with E-state index < -0.39 is 0 Å². The van der Waals surface area contributed by atoms with Gasteiger partial charge in [0.25, 0.3) is 0 Å². The highest BCUT2D eigenvalue weighted by Gasteiger charge is 2.20. The van der Waals surface area contributed by atoms with Gasteiger partial charge in [-0.1, -0.05) is 111 Å². The van der Waals surface area contributed by atoms with Gasteiger partial charge in [0.05, 0.1) is 58.2 Å². The van der Waals surface area contributed by atoms with E-state index in [1.165, 1.54) is 0 Å². The molecule has 0 atom stereocenters. The molecule has 2 aliphatic rings. The predicted octanol–water partition coefficient (Wildman–Crippen LogP) is 12.4. The van der Waals surface area contributed by atoms with Crippen molar-refractivity contribution in [1.82, 2.24) is 0 Å². The number of carbonyl (C=O) groups is 2. The van der Waals surface area contributed by atoms with E-state index in [-0.39, 0.29) is 11.6 Å². The number of nitrogens with zero attached hydrogens (tertiary/aromatic N) is 2. The summed E-state index contributed by atoms with van der Waals surface area (Å²) in [4.78, 5) is 39.0. The molecule has 0 saturated carbocycles. The molecule has 0 aromatic heterocycles. The molecule has 0 amide bonds. The standard InChI is InChI=1S/C50H46N4O4/c55-49-39-31-51-43-27-35-17-7-9-19-37(35)29-45(43)53-33-40(34-54-46-30-38-20-10-8-18-36(38)28-44(46)52-32-39)50(56)42-22-12-14-24-48(42)58-26-16-6-4-2-1-3-5-15-25-57-47-23-13-11-21-41(47)49/h7-14,17-24,27-34,51,54H,1-6,15-16,25-26H2/b39-31-,40-34+,52-32?,53-33?. The quantitative estimate of drug-likeness (QED) is 0.160. The Balaban J connectivity index is 1.29. The second-order valence-corrected chi connectivity index (χ2v) is 14.6. The summed E-state index contributed by atoms with van der Waals surface area (Å²) in [7, 11) is 0. The first kappa shape index (κ1) is 38.1. The number of aliphatic imine (C=N–C) groups is 2. The van der Waals surface area contributed by atoms with Crippen molar-refractivity contribution in [3.05, 3.63) is 156 Å². The molecule has 2 heterocycles. The number of nitrogens with one attached hydrogen (secondary N) is 2. The fourth-order valence-corrected chi connectivity index (χ4v) is 7.31. The highest BCUT2D eigenvalue weighted by Crippen LogP contribution is 2.34. The number of para-hydroxylation sites is 2. The molecule has 8 nitrogen and oxygen atoms in total. The third kappa shape index (κ3) is 9.08. The molecule has 58 heavy (non-hydrogen) atoms. The number of benzene rings is 6. The molecule has 2 bridgehead atoms. The molecule has 6 aromatic carbocycles. The summed E-state index contributed by atoms with van der Waals surface area (Å²) in [5, 5.41) is 10.7. The third-order valence-corrected chi connectivity index (χ3v) is 10.5. The van der Waals surface area contributed by atoms with E-state index in [1.54, 1.807) is 37.0 Å². The number of fused-ring (bicyclic) bond motifs is 7. The lowest BCUT2D eigenvalue weighted by Gasteiger charge is -2.14. The maximum absolute atomic E-state index is 14.6. The lowest BCUT2D eigenvalue weighted by Crippen LogP contribution is -2.11. The van der Waals surface area contributed by atoms with E-state index >= 15 is 0 Å². The number of hydrogen-bond acceptors (Lipinski definition) is 8. The van der Waals surface area contributed by atoms with Crippen molar-refractivity contribution < 1.29 is 19.1 Å². The first-order valence-electron chi connectivity index (χ1n) is 20.2. The second kappa shape index (κ2) is 18.4. The highest BCUT2D eigenvalue weighted by molar-refractivity contribution is 6.24. The Morgan fingerprint density at radius 1 is 0.431 bits per heavy atom. The van der Waals surface area contributed by atoms with E-state index in [0.29, 0.717) is 69.7 Å². The molecule has 0 fully saturated rings. The van der Waals surface area contributed by atoms with Crippen LogP contribution in [0.1, 0.15) is 72.1 Å². The van der Waals surface area contributed by atoms with Crippen molar-refractivity contribution in [2.75, 3.05) is 23.8 Å². The van der Waals surface area contributed by atoms with Crippen LogP contribution in [0.5, 0.6) is 11.5 Å². The smallest absolute Gasteiger partial charge is 0.199 e. The van der Waals surface area contributed by atoms with Crippen LogP contribution in [0.15, 0.2) is 155 Å². The van der Waals surface area contributed by atoms with Gasteiger partial charge in [-0.2, -0.15) is 0 Å². The largest absolute Gasteiger partial charge is 0.493 e. The third-order valence-electron chi connectivity index (χ3n) is 10.5. The molecule has 0 aliphatic carbocycles. The van der Waals surface area contributed by atoms with Gasteiger partial charge in [-0.15, -0.1) is 0 Å². The summed E-state index contributed by atoms with van der Waals surface area (Å²) < 4.78 is 12.5. The minimum atomic E-state index is -0.241. The summed E-state index contributed by atoms with van der Waals surface area (Å²) in [6.07, 6.45) is 15.0. The molecule has 2 N–H and O–H groups in total. The van der Waals surface area contributed by atoms with Crippen molar-refractivity contribution in [2.24, 2.45) is 9.98 Å². The maximum Gasteiger partial charge on any atom is 0.199 e. The van der Waals surface area contributed by atoms with E-state index in [2.05, 4.69) is 10.6 Å². The predicted molar refractivity (Wildman–Crippen MR) is 237 cm³/mol. The zero-order valence-electron chi connectivity index (χ0n) is 32.5. The first-order valence-corrected chi connectivity index (χ1v) is 20.2. The molecule has 290 valence electrons. The fourth-order valence-electron chi connectivity index (χ4n) is 7.31. The van der Waals surface area contributed by atoms with Crippen LogP contribution in [0.4, 0.5) is 22.7 Å². The molecule has 8 heteroatoms. The normalized spacial score (nSPS) is 17.7. The van der Waals surface area contributed by atoms with Crippen LogP contribution in [0.25, 0.3) is 21.5 Å². The van der Waals surface area contributed by atoms with Gasteiger partial charge in [0, 0.05) is 24.8 Å². The average molecular weight is 767 g/mol. The summed E-state index contributed by atoms with van der Waals surface area (Å²) >= 11 is 0. The zero-order valence-corrected chi connectivity index (χ0v) is 32.5. The Hall–Kier alpha value is -6.80. The van der Waals surface area contributed by atoms with Crippen molar-refractivity contribution >= 4 is 68.3 Å². The van der Waals surface area contributed by atoms with Crippen molar-refractivity contribution in [3.8, 4) is 11.5 Å². The minimum Gasteiger partial charge on any atom is -0.493 e. The molecule has 6 aromatic rings. The van der Waals surface area contributed by atoms with Crippen LogP contribution in [-0.2, 0) is 0 Å². The number of carbonyl (C=O) groups excluding carboxylic acids is 2. The van der Waals surface area contributed by atoms with Crippen LogP contribution in [0.2, 0.25) is 0 Å². The van der Waals surface area contributed by atoms with Gasteiger partial charge in [-0.25, -0.2) is 0 Å². The summed E-state index contributed by atoms with van der Waals surface area (Å²) in [5.74, 6) is 0.598. The average Bonchev–Trinajstić information content (AvgIpc) is 3.26. The summed E-state index contributed by atoms with van der Waals surface area (Å²) in [6, 6.07) is 38.7. The zero-order chi connectivity index (χ0) is 39.5. The number of rotatable bonds is 0. The Morgan fingerprint density at radius 2 is 0.793 bits per heavy atom. The lowest BCUT2D eigenvalue weighted by molar-refractivity contribution is 0.102. The van der Waals surface area contributed by atoms with E-state index in [9.17, 15) is 9.59 Å². The Morgan fingerprint density at radius 3 is 1.22 bits per heavy atom. The van der Waals surface area contributed by atoms with Crippen LogP contribution in [0, 0.1) is 0 Å². The van der Waals surface area contributed by atoms with Crippen LogP contribution < -0.4 is 20.1 Å². The van der Waals surface area contributed by atoms with Crippen molar-refractivity contribution in [1.29, 1.82) is 0 Å². The SMILES string of the molecule is O=C1/C2=C\Nc3cc4ccccc4cc3N=C/C(=C\Nc3cc4ccccc4cc3N=C2)C(=O)c2ccccc2OCCCCCCCCCCOc2ccccc21. The van der Waals surface area contributed by atoms with Crippen molar-refractivity contribution in [2.45, 2.75) is 51.4 Å². The number of ketones is 2. The number of allylic oxidation sites excluding steroid dienone is 2. The fraction of sp³-hybridized carbons (Fsp3) is 0.200. The topological polar surface area (TPSA) is 101 Å². The number of hydrogen-bond donors (Lipinski definition) is 2. The molecular weight excluding hydrogens is 721 g/mol. The molecule has 8 rings (SSSR count). The number of ether oxygens (including phenoxy) is 2. The van der Waals surface area contributed by atoms with Gasteiger partial charge in [-0.05, 0) is 82.9 Å².